The number of rotatable bonds is 2. The molecule has 5 nitrogen and oxygen atoms in total. The molecule has 1 unspecified atom stereocenters. The fourth-order valence-corrected chi connectivity index (χ4v) is 4.74. The molecule has 5 heteroatoms. The van der Waals surface area contributed by atoms with Crippen LogP contribution >= 0.6 is 0 Å². The highest BCUT2D eigenvalue weighted by Gasteiger charge is 2.42. The van der Waals surface area contributed by atoms with Crippen LogP contribution in [0.25, 0.3) is 0 Å². The zero-order valence-electron chi connectivity index (χ0n) is 15.3. The first kappa shape index (κ1) is 17.2. The van der Waals surface area contributed by atoms with Gasteiger partial charge in [0.15, 0.2) is 5.69 Å². The number of piperidine rings is 2. The Hall–Kier alpha value is -2.27. The summed E-state index contributed by atoms with van der Waals surface area (Å²) in [6, 6.07) is 14.4. The summed E-state index contributed by atoms with van der Waals surface area (Å²) in [4.78, 5) is 17.1. The van der Waals surface area contributed by atoms with Gasteiger partial charge in [-0.05, 0) is 55.3 Å². The molecular weight excluding hydrogens is 324 g/mol. The topological polar surface area (TPSA) is 49.3 Å². The molecule has 3 heterocycles. The van der Waals surface area contributed by atoms with E-state index in [4.69, 9.17) is 0 Å². The first-order chi connectivity index (χ1) is 12.7. The first-order valence-electron chi connectivity index (χ1n) is 9.46. The lowest BCUT2D eigenvalue weighted by molar-refractivity contribution is 0.0221. The van der Waals surface area contributed by atoms with Crippen LogP contribution in [0.3, 0.4) is 0 Å². The molecule has 2 aliphatic rings. The van der Waals surface area contributed by atoms with Crippen molar-refractivity contribution in [1.82, 2.24) is 20.0 Å². The van der Waals surface area contributed by atoms with Gasteiger partial charge in [0.1, 0.15) is 0 Å². The molecule has 2 aromatic rings. The van der Waals surface area contributed by atoms with E-state index in [2.05, 4.69) is 52.5 Å². The van der Waals surface area contributed by atoms with Gasteiger partial charge in [-0.2, -0.15) is 5.10 Å². The number of aromatic nitrogens is 2. The molecule has 0 radical (unpaired) electrons. The van der Waals surface area contributed by atoms with Crippen LogP contribution in [0.2, 0.25) is 0 Å². The monoisotopic (exact) mass is 350 g/mol. The second-order valence-corrected chi connectivity index (χ2v) is 7.91. The summed E-state index contributed by atoms with van der Waals surface area (Å²) in [6.45, 7) is 3.87. The van der Waals surface area contributed by atoms with E-state index >= 15 is 0 Å². The predicted octanol–water partition coefficient (Wildman–Crippen LogP) is 2.82. The average Bonchev–Trinajstić information content (AvgIpc) is 2.69. The lowest BCUT2D eigenvalue weighted by atomic mass is 9.68. The summed E-state index contributed by atoms with van der Waals surface area (Å²) >= 11 is 0. The smallest absolute Gasteiger partial charge is 0.274 e. The molecule has 1 amide bonds. The van der Waals surface area contributed by atoms with Gasteiger partial charge in [0, 0.05) is 32.4 Å². The maximum Gasteiger partial charge on any atom is 0.274 e. The number of carbonyl (C=O) groups is 1. The van der Waals surface area contributed by atoms with E-state index in [0.717, 1.165) is 39.0 Å². The van der Waals surface area contributed by atoms with E-state index in [0.29, 0.717) is 17.0 Å². The van der Waals surface area contributed by atoms with E-state index < -0.39 is 0 Å². The molecule has 2 fully saturated rings. The van der Waals surface area contributed by atoms with Gasteiger partial charge in [-0.15, -0.1) is 5.10 Å². The average molecular weight is 350 g/mol. The van der Waals surface area contributed by atoms with E-state index in [9.17, 15) is 4.79 Å². The molecule has 2 saturated heterocycles. The zero-order valence-corrected chi connectivity index (χ0v) is 15.3. The SMILES string of the molecule is CN1CC(c2ccccc2)CC2(CCN(C(=O)c3cccnn3)CC2)C1. The van der Waals surface area contributed by atoms with E-state index in [1.165, 1.54) is 12.0 Å². The molecule has 0 saturated carbocycles. The lowest BCUT2D eigenvalue weighted by Gasteiger charge is -2.49. The third-order valence-electron chi connectivity index (χ3n) is 5.99. The van der Waals surface area contributed by atoms with E-state index in [1.54, 1.807) is 18.3 Å². The molecule has 0 N–H and O–H groups in total. The minimum atomic E-state index is 0.0109. The summed E-state index contributed by atoms with van der Waals surface area (Å²) < 4.78 is 0. The van der Waals surface area contributed by atoms with Crippen LogP contribution in [-0.2, 0) is 0 Å². The van der Waals surface area contributed by atoms with Crippen molar-refractivity contribution in [1.29, 1.82) is 0 Å². The first-order valence-corrected chi connectivity index (χ1v) is 9.46. The molecule has 1 spiro atoms. The number of benzene rings is 1. The van der Waals surface area contributed by atoms with Crippen molar-refractivity contribution in [2.24, 2.45) is 5.41 Å². The fourth-order valence-electron chi connectivity index (χ4n) is 4.74. The molecule has 26 heavy (non-hydrogen) atoms. The molecule has 1 atom stereocenters. The van der Waals surface area contributed by atoms with Crippen molar-refractivity contribution in [2.75, 3.05) is 33.2 Å². The molecule has 4 rings (SSSR count). The third-order valence-corrected chi connectivity index (χ3v) is 5.99. The Morgan fingerprint density at radius 1 is 1.12 bits per heavy atom. The van der Waals surface area contributed by atoms with Crippen LogP contribution < -0.4 is 0 Å². The van der Waals surface area contributed by atoms with Crippen molar-refractivity contribution >= 4 is 5.91 Å². The largest absolute Gasteiger partial charge is 0.337 e. The quantitative estimate of drug-likeness (QED) is 0.836. The van der Waals surface area contributed by atoms with Crippen molar-refractivity contribution < 1.29 is 4.79 Å². The standard InChI is InChI=1S/C21H26N4O/c1-24-15-18(17-6-3-2-4-7-17)14-21(16-24)9-12-25(13-10-21)20(26)19-8-5-11-22-23-19/h2-8,11,18H,9-10,12-16H2,1H3. The molecule has 2 aliphatic heterocycles. The van der Waals surface area contributed by atoms with Gasteiger partial charge in [0.05, 0.1) is 0 Å². The van der Waals surface area contributed by atoms with E-state index in [-0.39, 0.29) is 5.91 Å². The molecule has 0 bridgehead atoms. The molecule has 0 aliphatic carbocycles. The number of likely N-dealkylation sites (N-methyl/N-ethyl adjacent to an activating group) is 1. The van der Waals surface area contributed by atoms with Crippen molar-refractivity contribution in [3.8, 4) is 0 Å². The van der Waals surface area contributed by atoms with Gasteiger partial charge in [-0.3, -0.25) is 4.79 Å². The summed E-state index contributed by atoms with van der Waals surface area (Å²) in [7, 11) is 2.23. The third kappa shape index (κ3) is 3.49. The van der Waals surface area contributed by atoms with Crippen LogP contribution in [-0.4, -0.2) is 59.1 Å². The minimum Gasteiger partial charge on any atom is -0.337 e. The van der Waals surface area contributed by atoms with Gasteiger partial charge < -0.3 is 9.80 Å². The normalized spacial score (nSPS) is 23.1. The highest BCUT2D eigenvalue weighted by atomic mass is 16.2. The minimum absolute atomic E-state index is 0.0109. The van der Waals surface area contributed by atoms with Crippen LogP contribution in [0.5, 0.6) is 0 Å². The highest BCUT2D eigenvalue weighted by Crippen LogP contribution is 2.44. The van der Waals surface area contributed by atoms with Crippen molar-refractivity contribution in [3.63, 3.8) is 0 Å². The maximum atomic E-state index is 12.6. The number of likely N-dealkylation sites (tertiary alicyclic amines) is 2. The summed E-state index contributed by atoms with van der Waals surface area (Å²) in [5, 5.41) is 7.81. The highest BCUT2D eigenvalue weighted by molar-refractivity contribution is 5.92. The van der Waals surface area contributed by atoms with Crippen LogP contribution in [0.15, 0.2) is 48.7 Å². The Morgan fingerprint density at radius 2 is 1.88 bits per heavy atom. The second-order valence-electron chi connectivity index (χ2n) is 7.91. The summed E-state index contributed by atoms with van der Waals surface area (Å²) in [5.74, 6) is 0.592. The predicted molar refractivity (Wildman–Crippen MR) is 101 cm³/mol. The number of amides is 1. The zero-order chi connectivity index (χ0) is 18.0. The Morgan fingerprint density at radius 3 is 2.58 bits per heavy atom. The molecule has 1 aromatic heterocycles. The van der Waals surface area contributed by atoms with Gasteiger partial charge in [0.2, 0.25) is 0 Å². The van der Waals surface area contributed by atoms with Gasteiger partial charge in [-0.25, -0.2) is 0 Å². The maximum absolute atomic E-state index is 12.6. The Bertz CT molecular complexity index is 741. The summed E-state index contributed by atoms with van der Waals surface area (Å²) in [5.41, 5.74) is 2.20. The number of carbonyl (C=O) groups excluding carboxylic acids is 1. The Kier molecular flexibility index (Phi) is 4.72. The van der Waals surface area contributed by atoms with Crippen molar-refractivity contribution in [2.45, 2.75) is 25.2 Å². The molecule has 1 aromatic carbocycles. The van der Waals surface area contributed by atoms with Crippen LogP contribution in [0.4, 0.5) is 0 Å². The second kappa shape index (κ2) is 7.16. The van der Waals surface area contributed by atoms with Gasteiger partial charge in [-0.1, -0.05) is 30.3 Å². The lowest BCUT2D eigenvalue weighted by Crippen LogP contribution is -2.51. The number of hydrogen-bond donors (Lipinski definition) is 0. The van der Waals surface area contributed by atoms with Crippen molar-refractivity contribution in [3.05, 3.63) is 59.9 Å². The van der Waals surface area contributed by atoms with Gasteiger partial charge in [0.25, 0.3) is 5.91 Å². The van der Waals surface area contributed by atoms with Gasteiger partial charge >= 0.3 is 0 Å². The van der Waals surface area contributed by atoms with Crippen LogP contribution in [0.1, 0.15) is 41.2 Å². The number of nitrogens with zero attached hydrogens (tertiary/aromatic N) is 4. The van der Waals surface area contributed by atoms with E-state index in [1.807, 2.05) is 4.90 Å². The Labute approximate surface area is 155 Å². The fraction of sp³-hybridized carbons (Fsp3) is 0.476. The number of hydrogen-bond acceptors (Lipinski definition) is 4. The molecular formula is C21H26N4O. The summed E-state index contributed by atoms with van der Waals surface area (Å²) in [6.07, 6.45) is 4.94. The van der Waals surface area contributed by atoms with Crippen LogP contribution in [0, 0.1) is 5.41 Å². The Balaban J connectivity index is 1.45. The molecule has 136 valence electrons.